The minimum Gasteiger partial charge on any atom is -0.424 e. The van der Waals surface area contributed by atoms with Crippen LogP contribution in [0.25, 0.3) is 10.2 Å². The van der Waals surface area contributed by atoms with Crippen LogP contribution in [-0.4, -0.2) is 23.1 Å². The molecule has 1 atom stereocenters. The summed E-state index contributed by atoms with van der Waals surface area (Å²) in [4.78, 5) is 16.5. The number of nitrogens with zero attached hydrogens (tertiary/aromatic N) is 1. The van der Waals surface area contributed by atoms with Gasteiger partial charge in [-0.05, 0) is 30.7 Å². The molecule has 0 saturated heterocycles. The number of para-hydroxylation sites is 1. The number of anilines is 1. The maximum Gasteiger partial charge on any atom is 0.492 e. The zero-order chi connectivity index (χ0) is 20.1. The Balaban J connectivity index is 1.58. The lowest BCUT2D eigenvalue weighted by atomic mass is 10.2. The molecule has 1 aromatic heterocycles. The van der Waals surface area contributed by atoms with E-state index in [0.717, 1.165) is 21.6 Å². The number of hydrogen-bond donors (Lipinski definition) is 2. The Labute approximate surface area is 165 Å². The number of ether oxygens (including phenoxy) is 2. The molecule has 2 N–H and O–H groups in total. The summed E-state index contributed by atoms with van der Waals surface area (Å²) in [5.74, 6) is -3.81. The van der Waals surface area contributed by atoms with E-state index in [1.54, 1.807) is 11.4 Å². The highest BCUT2D eigenvalue weighted by molar-refractivity contribution is 7.22. The first-order valence-corrected chi connectivity index (χ1v) is 9.06. The third-order valence-electron chi connectivity index (χ3n) is 3.91. The molecule has 6 nitrogen and oxygen atoms in total. The maximum absolute atomic E-state index is 13.7. The Kier molecular flexibility index (Phi) is 4.27. The van der Waals surface area contributed by atoms with Gasteiger partial charge < -0.3 is 9.47 Å². The minimum absolute atomic E-state index is 0.137. The number of hydrogen-bond acceptors (Lipinski definition) is 5. The van der Waals surface area contributed by atoms with Gasteiger partial charge in [0.15, 0.2) is 16.6 Å². The molecular weight excluding hydrogens is 419 g/mol. The van der Waals surface area contributed by atoms with Crippen LogP contribution < -0.4 is 20.1 Å². The molecule has 28 heavy (non-hydrogen) atoms. The molecule has 0 radical (unpaired) electrons. The Morgan fingerprint density at radius 3 is 2.68 bits per heavy atom. The zero-order valence-corrected chi connectivity index (χ0v) is 15.6. The van der Waals surface area contributed by atoms with Crippen LogP contribution in [0.15, 0.2) is 36.4 Å². The van der Waals surface area contributed by atoms with E-state index in [2.05, 4.69) is 10.3 Å². The predicted octanol–water partition coefficient (Wildman–Crippen LogP) is 5.07. The topological polar surface area (TPSA) is 72.5 Å². The van der Waals surface area contributed by atoms with E-state index in [9.17, 15) is 18.0 Å². The van der Waals surface area contributed by atoms with Crippen molar-refractivity contribution in [1.29, 1.82) is 0 Å². The Bertz CT molecular complexity index is 1090. The molecule has 0 saturated carbocycles. The second kappa shape index (κ2) is 6.42. The second-order valence-electron chi connectivity index (χ2n) is 5.93. The van der Waals surface area contributed by atoms with Crippen molar-refractivity contribution < 1.29 is 27.4 Å². The number of carbonyl (C=O) groups is 1. The predicted molar refractivity (Wildman–Crippen MR) is 98.0 cm³/mol. The van der Waals surface area contributed by atoms with E-state index >= 15 is 0 Å². The Morgan fingerprint density at radius 1 is 1.21 bits per heavy atom. The van der Waals surface area contributed by atoms with Crippen molar-refractivity contribution in [1.82, 2.24) is 10.3 Å². The lowest BCUT2D eigenvalue weighted by Crippen LogP contribution is -2.65. The molecule has 4 rings (SSSR count). The summed E-state index contributed by atoms with van der Waals surface area (Å²) in [5, 5.41) is 4.30. The van der Waals surface area contributed by atoms with E-state index in [1.807, 2.05) is 19.1 Å². The van der Waals surface area contributed by atoms with E-state index in [1.165, 1.54) is 18.2 Å². The normalized spacial score (nSPS) is 18.3. The number of aromatic nitrogens is 1. The number of alkyl halides is 3. The summed E-state index contributed by atoms with van der Waals surface area (Å²) >= 11 is 6.90. The summed E-state index contributed by atoms with van der Waals surface area (Å²) in [5.41, 5.74) is 1.53. The molecule has 146 valence electrons. The van der Waals surface area contributed by atoms with Crippen molar-refractivity contribution in [3.05, 3.63) is 47.0 Å². The molecule has 11 heteroatoms. The second-order valence-corrected chi connectivity index (χ2v) is 7.40. The van der Waals surface area contributed by atoms with Crippen LogP contribution >= 0.6 is 22.9 Å². The molecule has 3 aromatic rings. The molecule has 0 fully saturated rings. The minimum atomic E-state index is -5.07. The van der Waals surface area contributed by atoms with Gasteiger partial charge >= 0.3 is 18.1 Å². The third kappa shape index (κ3) is 3.18. The van der Waals surface area contributed by atoms with Gasteiger partial charge in [0.05, 0.1) is 10.2 Å². The van der Waals surface area contributed by atoms with Crippen LogP contribution in [0.3, 0.4) is 0 Å². The van der Waals surface area contributed by atoms with Crippen LogP contribution in [0.2, 0.25) is 5.02 Å². The van der Waals surface area contributed by atoms with Gasteiger partial charge in [-0.2, -0.15) is 13.2 Å². The van der Waals surface area contributed by atoms with Gasteiger partial charge in [0.25, 0.3) is 0 Å². The Morgan fingerprint density at radius 2 is 1.96 bits per heavy atom. The van der Waals surface area contributed by atoms with Gasteiger partial charge in [-0.25, -0.2) is 9.78 Å². The van der Waals surface area contributed by atoms with E-state index < -0.39 is 18.1 Å². The fourth-order valence-electron chi connectivity index (χ4n) is 2.63. The highest BCUT2D eigenvalue weighted by Gasteiger charge is 2.65. The summed E-state index contributed by atoms with van der Waals surface area (Å²) in [7, 11) is 0. The number of fused-ring (bicyclic) bond motifs is 2. The average Bonchev–Trinajstić information content (AvgIpc) is 3.16. The van der Waals surface area contributed by atoms with Crippen molar-refractivity contribution in [2.75, 3.05) is 5.32 Å². The van der Waals surface area contributed by atoms with Gasteiger partial charge in [-0.1, -0.05) is 35.1 Å². The lowest BCUT2D eigenvalue weighted by molar-refractivity contribution is -0.317. The zero-order valence-electron chi connectivity index (χ0n) is 14.1. The molecule has 0 unspecified atom stereocenters. The molecule has 2 aromatic carbocycles. The SMILES string of the molecule is Cc1cccc2sc(NC(=O)N[C@@]3(C(F)(F)F)Oc4ccc(Cl)cc4O3)nc12. The van der Waals surface area contributed by atoms with Crippen molar-refractivity contribution in [2.24, 2.45) is 0 Å². The number of aryl methyl sites for hydroxylation is 1. The monoisotopic (exact) mass is 429 g/mol. The summed E-state index contributed by atoms with van der Waals surface area (Å²) < 4.78 is 51.6. The van der Waals surface area contributed by atoms with Gasteiger partial charge in [0.1, 0.15) is 0 Å². The largest absolute Gasteiger partial charge is 0.492 e. The lowest BCUT2D eigenvalue weighted by Gasteiger charge is -2.29. The first-order chi connectivity index (χ1) is 13.2. The quantitative estimate of drug-likeness (QED) is 0.596. The molecule has 1 aliphatic rings. The van der Waals surface area contributed by atoms with Crippen LogP contribution in [0.5, 0.6) is 11.5 Å². The van der Waals surface area contributed by atoms with Gasteiger partial charge in [-0.3, -0.25) is 10.6 Å². The van der Waals surface area contributed by atoms with Crippen molar-refractivity contribution in [3.63, 3.8) is 0 Å². The van der Waals surface area contributed by atoms with E-state index in [4.69, 9.17) is 21.1 Å². The smallest absolute Gasteiger partial charge is 0.424 e. The van der Waals surface area contributed by atoms with Crippen molar-refractivity contribution >= 4 is 44.3 Å². The highest BCUT2D eigenvalue weighted by atomic mass is 35.5. The number of benzene rings is 2. The molecule has 0 bridgehead atoms. The van der Waals surface area contributed by atoms with Crippen molar-refractivity contribution in [3.8, 4) is 11.5 Å². The fourth-order valence-corrected chi connectivity index (χ4v) is 3.73. The van der Waals surface area contributed by atoms with Gasteiger partial charge in [-0.15, -0.1) is 0 Å². The number of halogens is 4. The first-order valence-electron chi connectivity index (χ1n) is 7.86. The molecular formula is C17H11ClF3N3O3S. The van der Waals surface area contributed by atoms with E-state index in [0.29, 0.717) is 5.52 Å². The standard InChI is InChI=1S/C17H11ClF3N3O3S/c1-8-3-2-4-12-13(8)22-15(28-12)23-14(25)24-17(16(19,20)21)26-10-6-5-9(18)7-11(10)27-17/h2-7H,1H3,(H2,22,23,24,25)/t17-/m0/s1. The molecule has 0 aliphatic carbocycles. The average molecular weight is 430 g/mol. The van der Waals surface area contributed by atoms with E-state index in [-0.39, 0.29) is 21.7 Å². The summed E-state index contributed by atoms with van der Waals surface area (Å²) in [6, 6.07) is 8.01. The van der Waals surface area contributed by atoms with Gasteiger partial charge in [0.2, 0.25) is 0 Å². The van der Waals surface area contributed by atoms with Crippen LogP contribution in [0, 0.1) is 6.92 Å². The number of thiazole rings is 1. The van der Waals surface area contributed by atoms with Crippen LogP contribution in [0.4, 0.5) is 23.1 Å². The van der Waals surface area contributed by atoms with Crippen LogP contribution in [-0.2, 0) is 0 Å². The van der Waals surface area contributed by atoms with Crippen LogP contribution in [0.1, 0.15) is 5.56 Å². The first kappa shape index (κ1) is 18.6. The summed E-state index contributed by atoms with van der Waals surface area (Å²) in [6.07, 6.45) is -5.07. The van der Waals surface area contributed by atoms with Crippen molar-refractivity contribution in [2.45, 2.75) is 19.0 Å². The Hall–Kier alpha value is -2.72. The number of rotatable bonds is 2. The third-order valence-corrected chi connectivity index (χ3v) is 5.08. The number of carbonyl (C=O) groups excluding carboxylic acids is 1. The maximum atomic E-state index is 13.7. The number of amides is 2. The molecule has 1 aliphatic heterocycles. The van der Waals surface area contributed by atoms with Gasteiger partial charge in [0, 0.05) is 11.1 Å². The molecule has 0 spiro atoms. The number of urea groups is 1. The molecule has 2 amide bonds. The molecule has 2 heterocycles. The fraction of sp³-hybridized carbons (Fsp3) is 0.176. The summed E-state index contributed by atoms with van der Waals surface area (Å²) in [6.45, 7) is 1.84. The number of nitrogens with one attached hydrogen (secondary N) is 2. The highest BCUT2D eigenvalue weighted by Crippen LogP contribution is 2.46.